The Morgan fingerprint density at radius 3 is 2.63 bits per heavy atom. The summed E-state index contributed by atoms with van der Waals surface area (Å²) in [5, 5.41) is 13.4. The first-order valence-corrected chi connectivity index (χ1v) is 8.02. The molecule has 0 bridgehead atoms. The minimum atomic E-state index is 0.304. The summed E-state index contributed by atoms with van der Waals surface area (Å²) in [5.74, 6) is 4.56. The van der Waals surface area contributed by atoms with Crippen molar-refractivity contribution in [1.82, 2.24) is 0 Å². The van der Waals surface area contributed by atoms with Crippen molar-refractivity contribution < 1.29 is 9.94 Å². The zero-order chi connectivity index (χ0) is 13.5. The predicted octanol–water partition coefficient (Wildman–Crippen LogP) is 3.27. The molecule has 19 heavy (non-hydrogen) atoms. The molecule has 0 atom stereocenters. The zero-order valence-electron chi connectivity index (χ0n) is 10.4. The standard InChI is InChI=1S/C14H15NO2S2/c1-2-3-8-17-15-12-9-18-14(19-10-12)11-4-6-13(16)7-5-11/h1,4-7,14,16H,3,8-10H2. The fraction of sp³-hybridized carbons (Fsp3) is 0.357. The lowest BCUT2D eigenvalue weighted by atomic mass is 10.2. The maximum atomic E-state index is 9.27. The third-order valence-corrected chi connectivity index (χ3v) is 5.47. The Hall–Kier alpha value is -1.25. The molecule has 1 aliphatic rings. The molecule has 1 heterocycles. The second-order valence-corrected chi connectivity index (χ2v) is 6.48. The first-order chi connectivity index (χ1) is 9.29. The van der Waals surface area contributed by atoms with E-state index in [0.29, 0.717) is 23.4 Å². The summed E-state index contributed by atoms with van der Waals surface area (Å²) in [6.07, 6.45) is 5.73. The summed E-state index contributed by atoms with van der Waals surface area (Å²) < 4.78 is 0.394. The van der Waals surface area contributed by atoms with Crippen LogP contribution in [0, 0.1) is 12.3 Å². The molecule has 0 unspecified atom stereocenters. The molecule has 0 saturated carbocycles. The van der Waals surface area contributed by atoms with Gasteiger partial charge >= 0.3 is 0 Å². The molecule has 5 heteroatoms. The lowest BCUT2D eigenvalue weighted by Crippen LogP contribution is -2.14. The van der Waals surface area contributed by atoms with E-state index in [1.165, 1.54) is 5.56 Å². The number of terminal acetylenes is 1. The summed E-state index contributed by atoms with van der Waals surface area (Å²) in [6.45, 7) is 0.483. The number of phenols is 1. The number of nitrogens with zero attached hydrogens (tertiary/aromatic N) is 1. The van der Waals surface area contributed by atoms with Gasteiger partial charge in [0.15, 0.2) is 0 Å². The molecule has 1 aromatic rings. The van der Waals surface area contributed by atoms with E-state index in [1.54, 1.807) is 12.1 Å². The normalized spacial score (nSPS) is 18.7. The van der Waals surface area contributed by atoms with E-state index < -0.39 is 0 Å². The van der Waals surface area contributed by atoms with Crippen molar-refractivity contribution in [3.63, 3.8) is 0 Å². The number of rotatable bonds is 4. The van der Waals surface area contributed by atoms with Crippen LogP contribution in [0.2, 0.25) is 0 Å². The summed E-state index contributed by atoms with van der Waals surface area (Å²) in [4.78, 5) is 5.16. The van der Waals surface area contributed by atoms with Gasteiger partial charge in [-0.3, -0.25) is 0 Å². The van der Waals surface area contributed by atoms with E-state index in [9.17, 15) is 5.11 Å². The van der Waals surface area contributed by atoms with Crippen molar-refractivity contribution in [2.24, 2.45) is 5.16 Å². The zero-order valence-corrected chi connectivity index (χ0v) is 12.0. The molecule has 1 aliphatic heterocycles. The molecule has 1 N–H and O–H groups in total. The minimum absolute atomic E-state index is 0.304. The molecular formula is C14H15NO2S2. The molecule has 100 valence electrons. The van der Waals surface area contributed by atoms with E-state index in [1.807, 2.05) is 35.7 Å². The molecule has 2 rings (SSSR count). The van der Waals surface area contributed by atoms with Crippen molar-refractivity contribution in [3.8, 4) is 18.1 Å². The highest BCUT2D eigenvalue weighted by Crippen LogP contribution is 2.43. The van der Waals surface area contributed by atoms with Gasteiger partial charge in [-0.15, -0.1) is 35.9 Å². The molecule has 1 saturated heterocycles. The summed E-state index contributed by atoms with van der Waals surface area (Å²) in [6, 6.07) is 7.38. The van der Waals surface area contributed by atoms with E-state index in [2.05, 4.69) is 11.1 Å². The molecule has 1 fully saturated rings. The van der Waals surface area contributed by atoms with E-state index in [4.69, 9.17) is 11.3 Å². The molecule has 0 aromatic heterocycles. The quantitative estimate of drug-likeness (QED) is 0.525. The van der Waals surface area contributed by atoms with Crippen LogP contribution in [0.25, 0.3) is 0 Å². The van der Waals surface area contributed by atoms with Crippen LogP contribution in [-0.4, -0.2) is 28.9 Å². The van der Waals surface area contributed by atoms with Crippen LogP contribution in [-0.2, 0) is 4.84 Å². The van der Waals surface area contributed by atoms with Gasteiger partial charge < -0.3 is 9.94 Å². The number of oxime groups is 1. The van der Waals surface area contributed by atoms with Gasteiger partial charge in [-0.1, -0.05) is 17.3 Å². The molecule has 0 amide bonds. The number of phenolic OH excluding ortho intramolecular Hbond substituents is 1. The van der Waals surface area contributed by atoms with Crippen molar-refractivity contribution in [1.29, 1.82) is 0 Å². The van der Waals surface area contributed by atoms with Crippen LogP contribution >= 0.6 is 23.5 Å². The van der Waals surface area contributed by atoms with E-state index in [-0.39, 0.29) is 0 Å². The Kier molecular flexibility index (Phi) is 5.49. The summed E-state index contributed by atoms with van der Waals surface area (Å²) in [5.41, 5.74) is 2.28. The molecular weight excluding hydrogens is 278 g/mol. The highest BCUT2D eigenvalue weighted by molar-refractivity contribution is 8.18. The Labute approximate surface area is 121 Å². The van der Waals surface area contributed by atoms with Gasteiger partial charge in [0.05, 0.1) is 10.3 Å². The third kappa shape index (κ3) is 4.41. The number of hydrogen-bond acceptors (Lipinski definition) is 5. The smallest absolute Gasteiger partial charge is 0.128 e. The molecule has 0 spiro atoms. The van der Waals surface area contributed by atoms with Crippen LogP contribution in [0.3, 0.4) is 0 Å². The van der Waals surface area contributed by atoms with Crippen LogP contribution in [0.5, 0.6) is 5.75 Å². The summed E-state index contributed by atoms with van der Waals surface area (Å²) in [7, 11) is 0. The van der Waals surface area contributed by atoms with Gasteiger partial charge in [-0.05, 0) is 17.7 Å². The average molecular weight is 293 g/mol. The van der Waals surface area contributed by atoms with Crippen molar-refractivity contribution >= 4 is 29.2 Å². The second kappa shape index (κ2) is 7.37. The third-order valence-electron chi connectivity index (χ3n) is 2.50. The summed E-state index contributed by atoms with van der Waals surface area (Å²) >= 11 is 3.65. The Balaban J connectivity index is 1.82. The maximum Gasteiger partial charge on any atom is 0.128 e. The predicted molar refractivity (Wildman–Crippen MR) is 82.6 cm³/mol. The highest BCUT2D eigenvalue weighted by Gasteiger charge is 2.20. The highest BCUT2D eigenvalue weighted by atomic mass is 32.2. The Bertz CT molecular complexity index is 469. The fourth-order valence-corrected chi connectivity index (χ4v) is 4.17. The van der Waals surface area contributed by atoms with Crippen molar-refractivity contribution in [2.75, 3.05) is 18.1 Å². The van der Waals surface area contributed by atoms with Crippen LogP contribution in [0.1, 0.15) is 16.6 Å². The lowest BCUT2D eigenvalue weighted by molar-refractivity contribution is 0.150. The Morgan fingerprint density at radius 1 is 1.32 bits per heavy atom. The topological polar surface area (TPSA) is 41.8 Å². The van der Waals surface area contributed by atoms with Gasteiger partial charge in [-0.2, -0.15) is 0 Å². The monoisotopic (exact) mass is 293 g/mol. The largest absolute Gasteiger partial charge is 0.508 e. The van der Waals surface area contributed by atoms with Gasteiger partial charge in [-0.25, -0.2) is 0 Å². The van der Waals surface area contributed by atoms with Crippen molar-refractivity contribution in [3.05, 3.63) is 29.8 Å². The van der Waals surface area contributed by atoms with Crippen LogP contribution in [0.4, 0.5) is 0 Å². The molecule has 0 aliphatic carbocycles. The minimum Gasteiger partial charge on any atom is -0.508 e. The fourth-order valence-electron chi connectivity index (χ4n) is 1.55. The lowest BCUT2D eigenvalue weighted by Gasteiger charge is -2.22. The number of aromatic hydroxyl groups is 1. The molecule has 1 aromatic carbocycles. The number of benzene rings is 1. The maximum absolute atomic E-state index is 9.27. The van der Waals surface area contributed by atoms with Crippen LogP contribution in [0.15, 0.2) is 29.4 Å². The first-order valence-electron chi connectivity index (χ1n) is 5.93. The average Bonchev–Trinajstić information content (AvgIpc) is 2.45. The van der Waals surface area contributed by atoms with Gasteiger partial charge in [0.2, 0.25) is 0 Å². The van der Waals surface area contributed by atoms with Gasteiger partial charge in [0.25, 0.3) is 0 Å². The Morgan fingerprint density at radius 2 is 2.00 bits per heavy atom. The molecule has 3 nitrogen and oxygen atoms in total. The second-order valence-electron chi connectivity index (χ2n) is 3.99. The SMILES string of the molecule is C#CCCON=C1CSC(c2ccc(O)cc2)SC1. The number of hydrogen-bond donors (Lipinski definition) is 1. The first kappa shape index (κ1) is 14.2. The van der Waals surface area contributed by atoms with Crippen LogP contribution < -0.4 is 0 Å². The van der Waals surface area contributed by atoms with Gasteiger partial charge in [0.1, 0.15) is 12.4 Å². The van der Waals surface area contributed by atoms with E-state index in [0.717, 1.165) is 17.2 Å². The van der Waals surface area contributed by atoms with Gasteiger partial charge in [0, 0.05) is 17.9 Å². The number of thioether (sulfide) groups is 2. The molecule has 0 radical (unpaired) electrons. The van der Waals surface area contributed by atoms with E-state index >= 15 is 0 Å². The van der Waals surface area contributed by atoms with Crippen molar-refractivity contribution in [2.45, 2.75) is 11.0 Å².